The molecule has 0 radical (unpaired) electrons. The molecule has 0 aliphatic rings. The van der Waals surface area contributed by atoms with Gasteiger partial charge in [0.25, 0.3) is 0 Å². The molecule has 0 aliphatic carbocycles. The van der Waals surface area contributed by atoms with Crippen molar-refractivity contribution in [2.45, 2.75) is 40.0 Å². The zero-order valence-electron chi connectivity index (χ0n) is 8.68. The minimum atomic E-state index is -0.853. The van der Waals surface area contributed by atoms with E-state index in [9.17, 15) is 4.79 Å². The van der Waals surface area contributed by atoms with Crippen LogP contribution in [-0.4, -0.2) is 12.5 Å². The minimum Gasteiger partial charge on any atom is -0.355 e. The molecule has 0 aromatic rings. The molecule has 0 fully saturated rings. The van der Waals surface area contributed by atoms with Gasteiger partial charge in [0.1, 0.15) is 5.41 Å². The van der Waals surface area contributed by atoms with E-state index in [-0.39, 0.29) is 5.91 Å². The van der Waals surface area contributed by atoms with Crippen molar-refractivity contribution in [2.24, 2.45) is 5.41 Å². The highest BCUT2D eigenvalue weighted by Gasteiger charge is 2.30. The Balaban J connectivity index is 4.02. The lowest BCUT2D eigenvalue weighted by Gasteiger charge is -2.18. The van der Waals surface area contributed by atoms with E-state index in [4.69, 9.17) is 5.26 Å². The number of carbonyl (C=O) groups is 1. The number of hydrogen-bond donors (Lipinski definition) is 1. The Hall–Kier alpha value is -1.04. The summed E-state index contributed by atoms with van der Waals surface area (Å²) in [5, 5.41) is 11.6. The van der Waals surface area contributed by atoms with Gasteiger partial charge in [0.15, 0.2) is 0 Å². The van der Waals surface area contributed by atoms with Crippen LogP contribution < -0.4 is 5.32 Å². The predicted molar refractivity (Wildman–Crippen MR) is 51.9 cm³/mol. The van der Waals surface area contributed by atoms with E-state index in [2.05, 4.69) is 12.2 Å². The highest BCUT2D eigenvalue weighted by atomic mass is 16.2. The van der Waals surface area contributed by atoms with Gasteiger partial charge in [-0.05, 0) is 19.8 Å². The fraction of sp³-hybridized carbons (Fsp3) is 0.800. The molecule has 1 amide bonds. The number of unbranched alkanes of at least 4 members (excludes halogenated alkanes) is 1. The Bertz CT molecular complexity index is 207. The summed E-state index contributed by atoms with van der Waals surface area (Å²) >= 11 is 0. The lowest BCUT2D eigenvalue weighted by molar-refractivity contribution is -0.127. The lowest BCUT2D eigenvalue weighted by atomic mass is 9.88. The van der Waals surface area contributed by atoms with Crippen LogP contribution in [-0.2, 0) is 4.79 Å². The van der Waals surface area contributed by atoms with Gasteiger partial charge in [-0.15, -0.1) is 0 Å². The Morgan fingerprint density at radius 3 is 2.54 bits per heavy atom. The molecule has 0 aromatic heterocycles. The quantitative estimate of drug-likeness (QED) is 0.659. The molecule has 13 heavy (non-hydrogen) atoms. The van der Waals surface area contributed by atoms with Gasteiger partial charge in [0.05, 0.1) is 6.07 Å². The first-order valence-electron chi connectivity index (χ1n) is 4.80. The van der Waals surface area contributed by atoms with E-state index in [1.807, 2.05) is 13.0 Å². The molecular weight excluding hydrogens is 164 g/mol. The summed E-state index contributed by atoms with van der Waals surface area (Å²) in [5.41, 5.74) is -0.853. The number of nitrogens with one attached hydrogen (secondary N) is 1. The summed E-state index contributed by atoms with van der Waals surface area (Å²) in [6.45, 7) is 6.26. The molecule has 3 heteroatoms. The molecule has 0 rings (SSSR count). The monoisotopic (exact) mass is 182 g/mol. The largest absolute Gasteiger partial charge is 0.355 e. The Labute approximate surface area is 80.1 Å². The molecule has 74 valence electrons. The zero-order chi connectivity index (χ0) is 10.3. The van der Waals surface area contributed by atoms with Gasteiger partial charge in [0, 0.05) is 6.54 Å². The normalized spacial score (nSPS) is 14.3. The first-order valence-corrected chi connectivity index (χ1v) is 4.80. The van der Waals surface area contributed by atoms with Crippen LogP contribution in [0.1, 0.15) is 40.0 Å². The first kappa shape index (κ1) is 12.0. The van der Waals surface area contributed by atoms with E-state index in [1.54, 1.807) is 6.92 Å². The third-order valence-electron chi connectivity index (χ3n) is 2.27. The van der Waals surface area contributed by atoms with E-state index in [1.165, 1.54) is 0 Å². The number of carbonyl (C=O) groups excluding carboxylic acids is 1. The van der Waals surface area contributed by atoms with Crippen LogP contribution >= 0.6 is 0 Å². The molecular formula is C10H18N2O. The maximum absolute atomic E-state index is 11.5. The molecule has 3 nitrogen and oxygen atoms in total. The van der Waals surface area contributed by atoms with Gasteiger partial charge in [-0.25, -0.2) is 0 Å². The van der Waals surface area contributed by atoms with Gasteiger partial charge < -0.3 is 5.32 Å². The van der Waals surface area contributed by atoms with Crippen LogP contribution in [0.5, 0.6) is 0 Å². The van der Waals surface area contributed by atoms with Crippen molar-refractivity contribution in [1.82, 2.24) is 5.32 Å². The number of amides is 1. The average Bonchev–Trinajstić information content (AvgIpc) is 2.17. The topological polar surface area (TPSA) is 52.9 Å². The fourth-order valence-electron chi connectivity index (χ4n) is 0.864. The van der Waals surface area contributed by atoms with Crippen LogP contribution in [0.15, 0.2) is 0 Å². The van der Waals surface area contributed by atoms with E-state index >= 15 is 0 Å². The van der Waals surface area contributed by atoms with E-state index < -0.39 is 5.41 Å². The highest BCUT2D eigenvalue weighted by molar-refractivity contribution is 5.84. The van der Waals surface area contributed by atoms with E-state index in [0.717, 1.165) is 12.8 Å². The van der Waals surface area contributed by atoms with Crippen molar-refractivity contribution in [3.63, 3.8) is 0 Å². The smallest absolute Gasteiger partial charge is 0.240 e. The van der Waals surface area contributed by atoms with Crippen LogP contribution in [0.4, 0.5) is 0 Å². The van der Waals surface area contributed by atoms with Crippen molar-refractivity contribution >= 4 is 5.91 Å². The summed E-state index contributed by atoms with van der Waals surface area (Å²) in [5.74, 6) is -0.147. The molecule has 0 aliphatic heterocycles. The highest BCUT2D eigenvalue weighted by Crippen LogP contribution is 2.19. The summed E-state index contributed by atoms with van der Waals surface area (Å²) in [4.78, 5) is 11.5. The summed E-state index contributed by atoms with van der Waals surface area (Å²) < 4.78 is 0. The van der Waals surface area contributed by atoms with Crippen molar-refractivity contribution in [1.29, 1.82) is 5.26 Å². The molecule has 0 bridgehead atoms. The minimum absolute atomic E-state index is 0.147. The Kier molecular flexibility index (Phi) is 5.13. The molecule has 1 atom stereocenters. The number of hydrogen-bond acceptors (Lipinski definition) is 2. The molecule has 1 unspecified atom stereocenters. The van der Waals surface area contributed by atoms with Gasteiger partial charge >= 0.3 is 0 Å². The first-order chi connectivity index (χ1) is 6.10. The van der Waals surface area contributed by atoms with Gasteiger partial charge in [-0.1, -0.05) is 20.3 Å². The second kappa shape index (κ2) is 5.58. The summed E-state index contributed by atoms with van der Waals surface area (Å²) in [6, 6.07) is 2.04. The maximum Gasteiger partial charge on any atom is 0.240 e. The number of nitrogens with zero attached hydrogens (tertiary/aromatic N) is 1. The molecule has 0 aromatic carbocycles. The second-order valence-corrected chi connectivity index (χ2v) is 3.41. The van der Waals surface area contributed by atoms with Crippen molar-refractivity contribution < 1.29 is 4.79 Å². The molecule has 0 spiro atoms. The SMILES string of the molecule is CCCCNC(=O)C(C)(C#N)CC. The summed E-state index contributed by atoms with van der Waals surface area (Å²) in [6.07, 6.45) is 2.58. The van der Waals surface area contributed by atoms with Crippen LogP contribution in [0, 0.1) is 16.7 Å². The van der Waals surface area contributed by atoms with Gasteiger partial charge in [-0.2, -0.15) is 5.26 Å². The number of nitriles is 1. The third kappa shape index (κ3) is 3.45. The Morgan fingerprint density at radius 1 is 1.54 bits per heavy atom. The average molecular weight is 182 g/mol. The number of rotatable bonds is 5. The van der Waals surface area contributed by atoms with Crippen molar-refractivity contribution in [3.05, 3.63) is 0 Å². The Morgan fingerprint density at radius 2 is 2.15 bits per heavy atom. The molecule has 0 saturated carbocycles. The van der Waals surface area contributed by atoms with Gasteiger partial charge in [0.2, 0.25) is 5.91 Å². The molecule has 0 saturated heterocycles. The standard InChI is InChI=1S/C10H18N2O/c1-4-6-7-12-9(13)10(3,5-2)8-11/h4-7H2,1-3H3,(H,12,13). The van der Waals surface area contributed by atoms with Crippen LogP contribution in [0.3, 0.4) is 0 Å². The lowest BCUT2D eigenvalue weighted by Crippen LogP contribution is -2.38. The molecule has 0 heterocycles. The molecule has 1 N–H and O–H groups in total. The second-order valence-electron chi connectivity index (χ2n) is 3.41. The predicted octanol–water partition coefficient (Wildman–Crippen LogP) is 1.84. The summed E-state index contributed by atoms with van der Waals surface area (Å²) in [7, 11) is 0. The van der Waals surface area contributed by atoms with Crippen molar-refractivity contribution in [2.75, 3.05) is 6.54 Å². The maximum atomic E-state index is 11.5. The van der Waals surface area contributed by atoms with Crippen molar-refractivity contribution in [3.8, 4) is 6.07 Å². The van der Waals surface area contributed by atoms with E-state index in [0.29, 0.717) is 13.0 Å². The van der Waals surface area contributed by atoms with Crippen LogP contribution in [0.2, 0.25) is 0 Å². The fourth-order valence-corrected chi connectivity index (χ4v) is 0.864. The third-order valence-corrected chi connectivity index (χ3v) is 2.27. The van der Waals surface area contributed by atoms with Gasteiger partial charge in [-0.3, -0.25) is 4.79 Å². The zero-order valence-corrected chi connectivity index (χ0v) is 8.68. The van der Waals surface area contributed by atoms with Crippen LogP contribution in [0.25, 0.3) is 0 Å².